The highest BCUT2D eigenvalue weighted by molar-refractivity contribution is 9.09. The van der Waals surface area contributed by atoms with Crippen LogP contribution in [0.4, 0.5) is 0 Å². The number of halogens is 1. The van der Waals surface area contributed by atoms with E-state index in [1.165, 1.54) is 12.8 Å². The summed E-state index contributed by atoms with van der Waals surface area (Å²) in [6.45, 7) is 0.752. The Kier molecular flexibility index (Phi) is 3.54. The van der Waals surface area contributed by atoms with Crippen LogP contribution in [0.25, 0.3) is 10.9 Å². The molecule has 3 rings (SSSR count). The molecule has 1 saturated carbocycles. The zero-order chi connectivity index (χ0) is 14.2. The third kappa shape index (κ3) is 2.46. The summed E-state index contributed by atoms with van der Waals surface area (Å²) in [5.41, 5.74) is 1.83. The first-order valence-electron chi connectivity index (χ1n) is 6.91. The molecule has 1 aromatic heterocycles. The molecule has 1 fully saturated rings. The Morgan fingerprint density at radius 1 is 1.45 bits per heavy atom. The Morgan fingerprint density at radius 3 is 2.90 bits per heavy atom. The second-order valence-corrected chi connectivity index (χ2v) is 6.40. The lowest BCUT2D eigenvalue weighted by molar-refractivity contribution is 0.0940. The van der Waals surface area contributed by atoms with E-state index >= 15 is 0 Å². The molecule has 0 bridgehead atoms. The Bertz CT molecular complexity index is 646. The molecular formula is C15H18BrN3O. The molecule has 1 aromatic carbocycles. The SMILES string of the molecule is Cn1nc(C(=O)NCC2(CCBr)CC2)c2ccccc21. The molecular weight excluding hydrogens is 318 g/mol. The van der Waals surface area contributed by atoms with Crippen molar-refractivity contribution in [3.8, 4) is 0 Å². The number of nitrogens with zero attached hydrogens (tertiary/aromatic N) is 2. The minimum absolute atomic E-state index is 0.0670. The van der Waals surface area contributed by atoms with E-state index in [0.717, 1.165) is 29.2 Å². The average Bonchev–Trinajstić information content (AvgIpc) is 3.14. The van der Waals surface area contributed by atoms with Crippen molar-refractivity contribution in [2.75, 3.05) is 11.9 Å². The molecule has 0 atom stereocenters. The molecule has 0 spiro atoms. The number of fused-ring (bicyclic) bond motifs is 1. The molecule has 106 valence electrons. The van der Waals surface area contributed by atoms with Gasteiger partial charge in [0.25, 0.3) is 5.91 Å². The molecule has 20 heavy (non-hydrogen) atoms. The second kappa shape index (κ2) is 5.20. The molecule has 0 radical (unpaired) electrons. The van der Waals surface area contributed by atoms with Crippen molar-refractivity contribution in [1.82, 2.24) is 15.1 Å². The van der Waals surface area contributed by atoms with Gasteiger partial charge in [0, 0.05) is 24.3 Å². The lowest BCUT2D eigenvalue weighted by Gasteiger charge is -2.13. The van der Waals surface area contributed by atoms with Crippen LogP contribution >= 0.6 is 15.9 Å². The van der Waals surface area contributed by atoms with E-state index in [0.29, 0.717) is 11.1 Å². The van der Waals surface area contributed by atoms with E-state index in [1.807, 2.05) is 31.3 Å². The van der Waals surface area contributed by atoms with Gasteiger partial charge in [-0.25, -0.2) is 0 Å². The van der Waals surface area contributed by atoms with Gasteiger partial charge in [0.05, 0.1) is 5.52 Å². The van der Waals surface area contributed by atoms with Gasteiger partial charge in [-0.3, -0.25) is 9.48 Å². The summed E-state index contributed by atoms with van der Waals surface area (Å²) in [6, 6.07) is 7.82. The van der Waals surface area contributed by atoms with Crippen LogP contribution in [-0.2, 0) is 7.05 Å². The van der Waals surface area contributed by atoms with Gasteiger partial charge in [-0.15, -0.1) is 0 Å². The number of amides is 1. The van der Waals surface area contributed by atoms with E-state index < -0.39 is 0 Å². The number of carbonyl (C=O) groups is 1. The fourth-order valence-corrected chi connectivity index (χ4v) is 3.47. The first-order valence-corrected chi connectivity index (χ1v) is 8.03. The normalized spacial score (nSPS) is 16.3. The summed E-state index contributed by atoms with van der Waals surface area (Å²) < 4.78 is 1.76. The summed E-state index contributed by atoms with van der Waals surface area (Å²) in [7, 11) is 1.87. The molecule has 1 aliphatic carbocycles. The highest BCUT2D eigenvalue weighted by atomic mass is 79.9. The number of hydrogen-bond acceptors (Lipinski definition) is 2. The van der Waals surface area contributed by atoms with E-state index in [1.54, 1.807) is 4.68 Å². The van der Waals surface area contributed by atoms with E-state index in [-0.39, 0.29) is 5.91 Å². The standard InChI is InChI=1S/C15H18BrN3O/c1-19-12-5-3-2-4-11(12)13(18-19)14(20)17-10-15(6-7-15)8-9-16/h2-5H,6-10H2,1H3,(H,17,20). The zero-order valence-electron chi connectivity index (χ0n) is 11.5. The Morgan fingerprint density at radius 2 is 2.20 bits per heavy atom. The van der Waals surface area contributed by atoms with Gasteiger partial charge in [0.15, 0.2) is 5.69 Å². The van der Waals surface area contributed by atoms with Crippen molar-refractivity contribution in [3.63, 3.8) is 0 Å². The van der Waals surface area contributed by atoms with Crippen molar-refractivity contribution < 1.29 is 4.79 Å². The predicted molar refractivity (Wildman–Crippen MR) is 83.1 cm³/mol. The molecule has 1 amide bonds. The van der Waals surface area contributed by atoms with E-state index in [4.69, 9.17) is 0 Å². The second-order valence-electron chi connectivity index (χ2n) is 5.61. The minimum Gasteiger partial charge on any atom is -0.350 e. The lowest BCUT2D eigenvalue weighted by atomic mass is 10.0. The third-order valence-electron chi connectivity index (χ3n) is 4.18. The lowest BCUT2D eigenvalue weighted by Crippen LogP contribution is -2.30. The number of rotatable bonds is 5. The van der Waals surface area contributed by atoms with Crippen LogP contribution in [0.2, 0.25) is 0 Å². The molecule has 4 nitrogen and oxygen atoms in total. The minimum atomic E-state index is -0.0670. The van der Waals surface area contributed by atoms with Crippen LogP contribution in [-0.4, -0.2) is 27.6 Å². The molecule has 0 unspecified atom stereocenters. The fraction of sp³-hybridized carbons (Fsp3) is 0.467. The largest absolute Gasteiger partial charge is 0.350 e. The quantitative estimate of drug-likeness (QED) is 0.854. The first-order chi connectivity index (χ1) is 9.65. The number of carbonyl (C=O) groups excluding carboxylic acids is 1. The third-order valence-corrected chi connectivity index (χ3v) is 4.58. The topological polar surface area (TPSA) is 46.9 Å². The van der Waals surface area contributed by atoms with Gasteiger partial charge in [0.1, 0.15) is 0 Å². The summed E-state index contributed by atoms with van der Waals surface area (Å²) in [5, 5.41) is 9.32. The predicted octanol–water partition coefficient (Wildman–Crippen LogP) is 2.87. The van der Waals surface area contributed by atoms with Crippen molar-refractivity contribution >= 4 is 32.7 Å². The molecule has 1 heterocycles. The van der Waals surface area contributed by atoms with Crippen LogP contribution < -0.4 is 5.32 Å². The average molecular weight is 336 g/mol. The van der Waals surface area contributed by atoms with Crippen LogP contribution in [0.5, 0.6) is 0 Å². The highest BCUT2D eigenvalue weighted by Crippen LogP contribution is 2.48. The molecule has 1 aliphatic rings. The number of hydrogen-bond donors (Lipinski definition) is 1. The maximum Gasteiger partial charge on any atom is 0.272 e. The number of nitrogens with one attached hydrogen (secondary N) is 1. The monoisotopic (exact) mass is 335 g/mol. The molecule has 2 aromatic rings. The van der Waals surface area contributed by atoms with Gasteiger partial charge < -0.3 is 5.32 Å². The van der Waals surface area contributed by atoms with Crippen molar-refractivity contribution in [3.05, 3.63) is 30.0 Å². The number of benzene rings is 1. The van der Waals surface area contributed by atoms with Crippen LogP contribution in [0.15, 0.2) is 24.3 Å². The molecule has 1 N–H and O–H groups in total. The molecule has 5 heteroatoms. The summed E-state index contributed by atoms with van der Waals surface area (Å²) in [5.74, 6) is -0.0670. The smallest absolute Gasteiger partial charge is 0.272 e. The van der Waals surface area contributed by atoms with Gasteiger partial charge in [-0.05, 0) is 30.7 Å². The van der Waals surface area contributed by atoms with Crippen LogP contribution in [0, 0.1) is 5.41 Å². The van der Waals surface area contributed by atoms with Gasteiger partial charge >= 0.3 is 0 Å². The summed E-state index contributed by atoms with van der Waals surface area (Å²) >= 11 is 3.48. The first kappa shape index (κ1) is 13.6. The van der Waals surface area contributed by atoms with Crippen molar-refractivity contribution in [2.45, 2.75) is 19.3 Å². The zero-order valence-corrected chi connectivity index (χ0v) is 13.1. The van der Waals surface area contributed by atoms with Gasteiger partial charge in [-0.2, -0.15) is 5.10 Å². The fourth-order valence-electron chi connectivity index (χ4n) is 2.63. The van der Waals surface area contributed by atoms with Gasteiger partial charge in [0.2, 0.25) is 0 Å². The Hall–Kier alpha value is -1.36. The van der Waals surface area contributed by atoms with Crippen molar-refractivity contribution in [2.24, 2.45) is 12.5 Å². The number of aromatic nitrogens is 2. The van der Waals surface area contributed by atoms with Crippen LogP contribution in [0.3, 0.4) is 0 Å². The molecule has 0 saturated heterocycles. The number of aryl methyl sites for hydroxylation is 1. The Labute approximate surface area is 126 Å². The molecule has 0 aliphatic heterocycles. The maximum atomic E-state index is 12.4. The van der Waals surface area contributed by atoms with Gasteiger partial charge in [-0.1, -0.05) is 34.1 Å². The highest BCUT2D eigenvalue weighted by Gasteiger charge is 2.41. The van der Waals surface area contributed by atoms with E-state index in [2.05, 4.69) is 26.3 Å². The number of alkyl halides is 1. The van der Waals surface area contributed by atoms with E-state index in [9.17, 15) is 4.79 Å². The number of para-hydroxylation sites is 1. The van der Waals surface area contributed by atoms with Crippen molar-refractivity contribution in [1.29, 1.82) is 0 Å². The summed E-state index contributed by atoms with van der Waals surface area (Å²) in [6.07, 6.45) is 3.54. The maximum absolute atomic E-state index is 12.4. The van der Waals surface area contributed by atoms with Crippen LogP contribution in [0.1, 0.15) is 29.8 Å². The summed E-state index contributed by atoms with van der Waals surface area (Å²) in [4.78, 5) is 12.4. The Balaban J connectivity index is 1.76.